The third-order valence-corrected chi connectivity index (χ3v) is 3.03. The van der Waals surface area contributed by atoms with Gasteiger partial charge in [-0.15, -0.1) is 0 Å². The van der Waals surface area contributed by atoms with Gasteiger partial charge in [-0.2, -0.15) is 0 Å². The topological polar surface area (TPSA) is 59.4 Å². The normalized spacial score (nSPS) is 10.7. The number of rotatable bonds is 4. The molecule has 102 valence electrons. The third kappa shape index (κ3) is 3.98. The molecule has 1 aromatic carbocycles. The van der Waals surface area contributed by atoms with Crippen LogP contribution in [0.3, 0.4) is 0 Å². The van der Waals surface area contributed by atoms with Crippen molar-refractivity contribution in [3.05, 3.63) is 58.2 Å². The van der Waals surface area contributed by atoms with Gasteiger partial charge in [0, 0.05) is 24.4 Å². The van der Waals surface area contributed by atoms with E-state index in [1.165, 1.54) is 12.3 Å². The maximum Gasteiger partial charge on any atom is 0.328 e. The van der Waals surface area contributed by atoms with Gasteiger partial charge < -0.3 is 9.84 Å². The van der Waals surface area contributed by atoms with Crippen LogP contribution in [-0.2, 0) is 4.79 Å². The summed E-state index contributed by atoms with van der Waals surface area (Å²) >= 11 is 11.7. The maximum absolute atomic E-state index is 10.4. The van der Waals surface area contributed by atoms with Crippen LogP contribution < -0.4 is 4.74 Å². The van der Waals surface area contributed by atoms with Crippen molar-refractivity contribution in [1.29, 1.82) is 0 Å². The molecule has 0 aliphatic rings. The van der Waals surface area contributed by atoms with Crippen LogP contribution in [0.5, 0.6) is 11.6 Å². The number of halogens is 2. The molecule has 0 saturated carbocycles. The van der Waals surface area contributed by atoms with E-state index in [-0.39, 0.29) is 0 Å². The summed E-state index contributed by atoms with van der Waals surface area (Å²) in [5.74, 6) is -0.127. The molecule has 0 spiro atoms. The van der Waals surface area contributed by atoms with E-state index < -0.39 is 5.97 Å². The molecular formula is C14H9Cl2NO3. The summed E-state index contributed by atoms with van der Waals surface area (Å²) in [6.45, 7) is 0. The minimum Gasteiger partial charge on any atom is -0.478 e. The van der Waals surface area contributed by atoms with Gasteiger partial charge >= 0.3 is 5.97 Å². The number of carbonyl (C=O) groups is 1. The van der Waals surface area contributed by atoms with Crippen molar-refractivity contribution in [2.75, 3.05) is 0 Å². The number of carboxylic acids is 1. The van der Waals surface area contributed by atoms with E-state index in [2.05, 4.69) is 4.98 Å². The Labute approximate surface area is 125 Å². The van der Waals surface area contributed by atoms with Crippen LogP contribution in [0.15, 0.2) is 42.6 Å². The van der Waals surface area contributed by atoms with E-state index in [1.54, 1.807) is 30.3 Å². The maximum atomic E-state index is 10.4. The fourth-order valence-electron chi connectivity index (χ4n) is 1.38. The predicted molar refractivity (Wildman–Crippen MR) is 77.4 cm³/mol. The highest BCUT2D eigenvalue weighted by atomic mass is 35.5. The van der Waals surface area contributed by atoms with Crippen molar-refractivity contribution in [2.24, 2.45) is 0 Å². The van der Waals surface area contributed by atoms with Gasteiger partial charge in [0.2, 0.25) is 5.88 Å². The highest BCUT2D eigenvalue weighted by Crippen LogP contribution is 2.28. The second-order valence-electron chi connectivity index (χ2n) is 3.78. The zero-order valence-electron chi connectivity index (χ0n) is 10.1. The van der Waals surface area contributed by atoms with Gasteiger partial charge in [0.25, 0.3) is 0 Å². The Bertz CT molecular complexity index is 654. The first-order chi connectivity index (χ1) is 9.54. The van der Waals surface area contributed by atoms with Crippen molar-refractivity contribution < 1.29 is 14.6 Å². The average Bonchev–Trinajstić information content (AvgIpc) is 2.42. The van der Waals surface area contributed by atoms with E-state index >= 15 is 0 Å². The number of aromatic nitrogens is 1. The lowest BCUT2D eigenvalue weighted by molar-refractivity contribution is -0.131. The fourth-order valence-corrected chi connectivity index (χ4v) is 1.67. The van der Waals surface area contributed by atoms with Crippen molar-refractivity contribution in [1.82, 2.24) is 4.98 Å². The number of pyridine rings is 1. The molecule has 0 fully saturated rings. The number of hydrogen-bond acceptors (Lipinski definition) is 3. The zero-order valence-corrected chi connectivity index (χ0v) is 11.6. The predicted octanol–water partition coefficient (Wildman–Crippen LogP) is 4.28. The molecule has 0 aliphatic heterocycles. The Kier molecular flexibility index (Phi) is 4.61. The zero-order chi connectivity index (χ0) is 14.5. The van der Waals surface area contributed by atoms with Gasteiger partial charge in [-0.05, 0) is 29.8 Å². The molecule has 0 aliphatic carbocycles. The van der Waals surface area contributed by atoms with E-state index in [1.807, 2.05) is 0 Å². The SMILES string of the molecule is O=C(O)/C=C/c1ccc(Oc2ccc(Cl)c(Cl)c2)nc1. The summed E-state index contributed by atoms with van der Waals surface area (Å²) in [6, 6.07) is 8.21. The van der Waals surface area contributed by atoms with Crippen molar-refractivity contribution in [2.45, 2.75) is 0 Å². The van der Waals surface area contributed by atoms with Crippen molar-refractivity contribution in [3.63, 3.8) is 0 Å². The first-order valence-corrected chi connectivity index (χ1v) is 6.30. The molecule has 0 bridgehead atoms. The lowest BCUT2D eigenvalue weighted by Crippen LogP contribution is -1.89. The minimum absolute atomic E-state index is 0.371. The monoisotopic (exact) mass is 309 g/mol. The van der Waals surface area contributed by atoms with Crippen LogP contribution in [0, 0.1) is 0 Å². The van der Waals surface area contributed by atoms with Gasteiger partial charge in [0.1, 0.15) is 5.75 Å². The van der Waals surface area contributed by atoms with Crippen LogP contribution >= 0.6 is 23.2 Å². The van der Waals surface area contributed by atoms with E-state index in [0.717, 1.165) is 6.08 Å². The van der Waals surface area contributed by atoms with Crippen LogP contribution in [0.1, 0.15) is 5.56 Å². The van der Waals surface area contributed by atoms with Gasteiger partial charge in [-0.25, -0.2) is 9.78 Å². The molecule has 0 unspecified atom stereocenters. The van der Waals surface area contributed by atoms with E-state index in [9.17, 15) is 4.79 Å². The van der Waals surface area contributed by atoms with Gasteiger partial charge in [-0.3, -0.25) is 0 Å². The molecule has 4 nitrogen and oxygen atoms in total. The lowest BCUT2D eigenvalue weighted by Gasteiger charge is -2.05. The molecule has 2 aromatic rings. The van der Waals surface area contributed by atoms with Crippen molar-refractivity contribution in [3.8, 4) is 11.6 Å². The molecule has 20 heavy (non-hydrogen) atoms. The number of hydrogen-bond donors (Lipinski definition) is 1. The van der Waals surface area contributed by atoms with Gasteiger partial charge in [-0.1, -0.05) is 23.2 Å². The number of benzene rings is 1. The Morgan fingerprint density at radius 3 is 2.60 bits per heavy atom. The molecule has 1 heterocycles. The number of ether oxygens (including phenoxy) is 1. The summed E-state index contributed by atoms with van der Waals surface area (Å²) in [5, 5.41) is 9.36. The minimum atomic E-state index is -1.01. The molecule has 0 radical (unpaired) electrons. The molecule has 2 rings (SSSR count). The third-order valence-electron chi connectivity index (χ3n) is 2.29. The Balaban J connectivity index is 2.10. The molecule has 0 saturated heterocycles. The Morgan fingerprint density at radius 1 is 1.20 bits per heavy atom. The first kappa shape index (κ1) is 14.4. The Morgan fingerprint density at radius 2 is 2.00 bits per heavy atom. The number of nitrogens with zero attached hydrogens (tertiary/aromatic N) is 1. The second-order valence-corrected chi connectivity index (χ2v) is 4.59. The van der Waals surface area contributed by atoms with Gasteiger partial charge in [0.15, 0.2) is 0 Å². The first-order valence-electron chi connectivity index (χ1n) is 5.54. The largest absolute Gasteiger partial charge is 0.478 e. The fraction of sp³-hybridized carbons (Fsp3) is 0. The van der Waals surface area contributed by atoms with Crippen molar-refractivity contribution >= 4 is 35.2 Å². The highest BCUT2D eigenvalue weighted by molar-refractivity contribution is 6.42. The summed E-state index contributed by atoms with van der Waals surface area (Å²) in [5.41, 5.74) is 0.661. The van der Waals surface area contributed by atoms with E-state index in [4.69, 9.17) is 33.0 Å². The van der Waals surface area contributed by atoms with Crippen LogP contribution in [-0.4, -0.2) is 16.1 Å². The summed E-state index contributed by atoms with van der Waals surface area (Å²) in [6.07, 6.45) is 3.99. The molecule has 0 amide bonds. The Hall–Kier alpha value is -2.04. The van der Waals surface area contributed by atoms with E-state index in [0.29, 0.717) is 27.2 Å². The molecule has 0 atom stereocenters. The molecule has 1 aromatic heterocycles. The molecule has 1 N–H and O–H groups in total. The molecular weight excluding hydrogens is 301 g/mol. The highest BCUT2D eigenvalue weighted by Gasteiger charge is 2.02. The summed E-state index contributed by atoms with van der Waals surface area (Å²) in [4.78, 5) is 14.4. The quantitative estimate of drug-likeness (QED) is 0.856. The molecule has 6 heteroatoms. The van der Waals surface area contributed by atoms with Gasteiger partial charge in [0.05, 0.1) is 10.0 Å². The average molecular weight is 310 g/mol. The summed E-state index contributed by atoms with van der Waals surface area (Å²) in [7, 11) is 0. The number of aliphatic carboxylic acids is 1. The summed E-state index contributed by atoms with van der Waals surface area (Å²) < 4.78 is 5.50. The van der Waals surface area contributed by atoms with Crippen LogP contribution in [0.4, 0.5) is 0 Å². The smallest absolute Gasteiger partial charge is 0.328 e. The lowest BCUT2D eigenvalue weighted by atomic mass is 10.2. The standard InChI is InChI=1S/C14H9Cl2NO3/c15-11-4-3-10(7-12(11)16)20-13-5-1-9(8-17-13)2-6-14(18)19/h1-8H,(H,18,19)/b6-2+. The van der Waals surface area contributed by atoms with Crippen LogP contribution in [0.2, 0.25) is 10.0 Å². The second kappa shape index (κ2) is 6.41. The van der Waals surface area contributed by atoms with Crippen LogP contribution in [0.25, 0.3) is 6.08 Å². The number of carboxylic acid groups (broad SMARTS) is 1.